The van der Waals surface area contributed by atoms with Gasteiger partial charge in [0.05, 0.1) is 5.75 Å². The molecule has 0 radical (unpaired) electrons. The van der Waals surface area contributed by atoms with E-state index >= 15 is 0 Å². The van der Waals surface area contributed by atoms with Crippen molar-refractivity contribution in [2.45, 2.75) is 32.1 Å². The maximum Gasteiger partial charge on any atom is 0.215 e. The molecule has 0 spiro atoms. The molecule has 6 heteroatoms. The number of hydrogen-bond donors (Lipinski definition) is 1. The van der Waals surface area contributed by atoms with E-state index in [0.717, 1.165) is 6.42 Å². The van der Waals surface area contributed by atoms with Crippen LogP contribution in [0.15, 0.2) is 24.3 Å². The summed E-state index contributed by atoms with van der Waals surface area (Å²) in [4.78, 5) is 2.09. The van der Waals surface area contributed by atoms with E-state index < -0.39 is 15.8 Å². The minimum Gasteiger partial charge on any atom is -0.302 e. The first-order valence-electron chi connectivity index (χ1n) is 6.76. The third kappa shape index (κ3) is 5.56. The first-order chi connectivity index (χ1) is 9.35. The standard InChI is InChI=1S/C14H23FN2O2S/c1-4-12(2)17(3)10-9-16-20(18,19)11-13-7-5-6-8-14(13)15/h5-8,12,16H,4,9-11H2,1-3H3/t12-/m0/s1. The van der Waals surface area contributed by atoms with Gasteiger partial charge in [-0.2, -0.15) is 0 Å². The van der Waals surface area contributed by atoms with Crippen LogP contribution in [-0.4, -0.2) is 39.5 Å². The summed E-state index contributed by atoms with van der Waals surface area (Å²) in [5.41, 5.74) is 0.190. The maximum atomic E-state index is 13.4. The van der Waals surface area contributed by atoms with Crippen molar-refractivity contribution in [3.8, 4) is 0 Å². The zero-order valence-electron chi connectivity index (χ0n) is 12.3. The molecule has 1 atom stereocenters. The molecule has 0 unspecified atom stereocenters. The van der Waals surface area contributed by atoms with Gasteiger partial charge < -0.3 is 4.90 Å². The molecule has 1 aromatic rings. The molecule has 0 aliphatic rings. The molecular formula is C14H23FN2O2S. The van der Waals surface area contributed by atoms with Crippen LogP contribution >= 0.6 is 0 Å². The Balaban J connectivity index is 2.49. The molecule has 0 aliphatic heterocycles. The largest absolute Gasteiger partial charge is 0.302 e. The number of rotatable bonds is 8. The number of sulfonamides is 1. The van der Waals surface area contributed by atoms with Crippen LogP contribution in [0.25, 0.3) is 0 Å². The van der Waals surface area contributed by atoms with Crippen LogP contribution in [0.3, 0.4) is 0 Å². The van der Waals surface area contributed by atoms with Gasteiger partial charge in [0.25, 0.3) is 0 Å². The average Bonchev–Trinajstić information content (AvgIpc) is 2.40. The summed E-state index contributed by atoms with van der Waals surface area (Å²) in [5, 5.41) is 0. The Labute approximate surface area is 121 Å². The molecule has 4 nitrogen and oxygen atoms in total. The zero-order valence-corrected chi connectivity index (χ0v) is 13.1. The first-order valence-corrected chi connectivity index (χ1v) is 8.42. The van der Waals surface area contributed by atoms with Crippen molar-refractivity contribution < 1.29 is 12.8 Å². The quantitative estimate of drug-likeness (QED) is 0.799. The van der Waals surface area contributed by atoms with Gasteiger partial charge in [-0.15, -0.1) is 0 Å². The SMILES string of the molecule is CC[C@H](C)N(C)CCNS(=O)(=O)Cc1ccccc1F. The van der Waals surface area contributed by atoms with Gasteiger partial charge in [0.2, 0.25) is 10.0 Å². The predicted molar refractivity (Wildman–Crippen MR) is 79.4 cm³/mol. The van der Waals surface area contributed by atoms with Gasteiger partial charge in [0, 0.05) is 24.7 Å². The Morgan fingerprint density at radius 3 is 2.60 bits per heavy atom. The molecule has 1 N–H and O–H groups in total. The fourth-order valence-electron chi connectivity index (χ4n) is 1.78. The van der Waals surface area contributed by atoms with Crippen LogP contribution in [0, 0.1) is 5.82 Å². The van der Waals surface area contributed by atoms with Gasteiger partial charge in [-0.1, -0.05) is 25.1 Å². The fourth-order valence-corrected chi connectivity index (χ4v) is 2.93. The van der Waals surface area contributed by atoms with Crippen LogP contribution in [-0.2, 0) is 15.8 Å². The molecule has 0 saturated carbocycles. The summed E-state index contributed by atoms with van der Waals surface area (Å²) in [5.74, 6) is -0.818. The highest BCUT2D eigenvalue weighted by molar-refractivity contribution is 7.88. The summed E-state index contributed by atoms with van der Waals surface area (Å²) in [6.07, 6.45) is 1.01. The molecule has 20 heavy (non-hydrogen) atoms. The van der Waals surface area contributed by atoms with Gasteiger partial charge in [-0.3, -0.25) is 0 Å². The fraction of sp³-hybridized carbons (Fsp3) is 0.571. The Hall–Kier alpha value is -0.980. The second-order valence-corrected chi connectivity index (χ2v) is 6.79. The Kier molecular flexibility index (Phi) is 6.58. The minimum absolute atomic E-state index is 0.190. The van der Waals surface area contributed by atoms with E-state index in [1.807, 2.05) is 7.05 Å². The Bertz CT molecular complexity index is 520. The van der Waals surface area contributed by atoms with Gasteiger partial charge in [-0.05, 0) is 26.5 Å². The maximum absolute atomic E-state index is 13.4. The first kappa shape index (κ1) is 17.1. The number of nitrogens with one attached hydrogen (secondary N) is 1. The third-order valence-electron chi connectivity index (χ3n) is 3.43. The van der Waals surface area contributed by atoms with E-state index in [1.165, 1.54) is 12.1 Å². The summed E-state index contributed by atoms with van der Waals surface area (Å²) < 4.78 is 39.7. The van der Waals surface area contributed by atoms with Gasteiger partial charge in [-0.25, -0.2) is 17.5 Å². The van der Waals surface area contributed by atoms with Gasteiger partial charge >= 0.3 is 0 Å². The lowest BCUT2D eigenvalue weighted by atomic mass is 10.2. The van der Waals surface area contributed by atoms with Crippen molar-refractivity contribution in [2.75, 3.05) is 20.1 Å². The van der Waals surface area contributed by atoms with Crippen LogP contribution in [0.1, 0.15) is 25.8 Å². The van der Waals surface area contributed by atoms with Gasteiger partial charge in [0.15, 0.2) is 0 Å². The zero-order chi connectivity index (χ0) is 15.2. The smallest absolute Gasteiger partial charge is 0.215 e. The van der Waals surface area contributed by atoms with Crippen molar-refractivity contribution in [1.29, 1.82) is 0 Å². The van der Waals surface area contributed by atoms with E-state index in [9.17, 15) is 12.8 Å². The van der Waals surface area contributed by atoms with E-state index in [-0.39, 0.29) is 11.3 Å². The van der Waals surface area contributed by atoms with Crippen LogP contribution in [0.5, 0.6) is 0 Å². The summed E-state index contributed by atoms with van der Waals surface area (Å²) in [6.45, 7) is 5.14. The molecular weight excluding hydrogens is 279 g/mol. The Morgan fingerprint density at radius 2 is 2.00 bits per heavy atom. The topological polar surface area (TPSA) is 49.4 Å². The molecule has 114 valence electrons. The predicted octanol–water partition coefficient (Wildman–Crippen LogP) is 1.98. The van der Waals surface area contributed by atoms with Gasteiger partial charge in [0.1, 0.15) is 5.82 Å². The van der Waals surface area contributed by atoms with Crippen molar-refractivity contribution in [3.63, 3.8) is 0 Å². The average molecular weight is 302 g/mol. The normalized spacial score (nSPS) is 13.7. The molecule has 0 amide bonds. The minimum atomic E-state index is -3.50. The van der Waals surface area contributed by atoms with E-state index in [0.29, 0.717) is 19.1 Å². The highest BCUT2D eigenvalue weighted by Crippen LogP contribution is 2.09. The molecule has 0 heterocycles. The lowest BCUT2D eigenvalue weighted by Crippen LogP contribution is -2.37. The highest BCUT2D eigenvalue weighted by Gasteiger charge is 2.14. The van der Waals surface area contributed by atoms with E-state index in [2.05, 4.69) is 23.5 Å². The monoisotopic (exact) mass is 302 g/mol. The molecule has 0 aromatic heterocycles. The molecule has 1 rings (SSSR count). The highest BCUT2D eigenvalue weighted by atomic mass is 32.2. The van der Waals surface area contributed by atoms with E-state index in [1.54, 1.807) is 12.1 Å². The number of likely N-dealkylation sites (N-methyl/N-ethyl adjacent to an activating group) is 1. The van der Waals surface area contributed by atoms with Crippen LogP contribution in [0.4, 0.5) is 4.39 Å². The summed E-state index contributed by atoms with van der Waals surface area (Å²) in [7, 11) is -1.54. The number of benzene rings is 1. The summed E-state index contributed by atoms with van der Waals surface area (Å²) >= 11 is 0. The lowest BCUT2D eigenvalue weighted by Gasteiger charge is -2.23. The number of halogens is 1. The second kappa shape index (κ2) is 7.71. The molecule has 0 aliphatic carbocycles. The molecule has 0 fully saturated rings. The van der Waals surface area contributed by atoms with Crippen LogP contribution < -0.4 is 4.72 Å². The van der Waals surface area contributed by atoms with Crippen molar-refractivity contribution >= 4 is 10.0 Å². The van der Waals surface area contributed by atoms with E-state index in [4.69, 9.17) is 0 Å². The van der Waals surface area contributed by atoms with Crippen molar-refractivity contribution in [2.24, 2.45) is 0 Å². The lowest BCUT2D eigenvalue weighted by molar-refractivity contribution is 0.256. The third-order valence-corrected chi connectivity index (χ3v) is 4.77. The van der Waals surface area contributed by atoms with Crippen molar-refractivity contribution in [1.82, 2.24) is 9.62 Å². The molecule has 1 aromatic carbocycles. The number of hydrogen-bond acceptors (Lipinski definition) is 3. The Morgan fingerprint density at radius 1 is 1.35 bits per heavy atom. The van der Waals surface area contributed by atoms with Crippen LogP contribution in [0.2, 0.25) is 0 Å². The van der Waals surface area contributed by atoms with Crippen molar-refractivity contribution in [3.05, 3.63) is 35.6 Å². The number of nitrogens with zero attached hydrogens (tertiary/aromatic N) is 1. The summed E-state index contributed by atoms with van der Waals surface area (Å²) in [6, 6.07) is 6.33. The molecule has 0 saturated heterocycles. The second-order valence-electron chi connectivity index (χ2n) is 4.98. The molecule has 0 bridgehead atoms.